The molecule has 0 saturated carbocycles. The Kier molecular flexibility index (Phi) is 4.43. The molecule has 0 aliphatic carbocycles. The predicted octanol–water partition coefficient (Wildman–Crippen LogP) is 2.09. The number of carbonyl (C=O) groups is 1. The zero-order valence-electron chi connectivity index (χ0n) is 11.6. The van der Waals surface area contributed by atoms with E-state index in [4.69, 9.17) is 4.74 Å². The second-order valence-corrected chi connectivity index (χ2v) is 7.13. The van der Waals surface area contributed by atoms with E-state index in [1.54, 1.807) is 0 Å². The average Bonchev–Trinajstić information content (AvgIpc) is 2.21. The first-order valence-electron chi connectivity index (χ1n) is 6.77. The largest absolute Gasteiger partial charge is 0.444 e. The highest BCUT2D eigenvalue weighted by Crippen LogP contribution is 2.29. The zero-order valence-corrected chi connectivity index (χ0v) is 12.4. The van der Waals surface area contributed by atoms with Gasteiger partial charge in [0.15, 0.2) is 0 Å². The van der Waals surface area contributed by atoms with Gasteiger partial charge in [-0.1, -0.05) is 0 Å². The molecular weight excluding hydrogens is 248 g/mol. The van der Waals surface area contributed by atoms with Crippen LogP contribution in [0.3, 0.4) is 0 Å². The molecule has 0 aromatic carbocycles. The summed E-state index contributed by atoms with van der Waals surface area (Å²) < 4.78 is 5.57. The van der Waals surface area contributed by atoms with E-state index in [9.17, 15) is 4.79 Å². The van der Waals surface area contributed by atoms with Crippen LogP contribution in [0.2, 0.25) is 0 Å². The molecule has 18 heavy (non-hydrogen) atoms. The Morgan fingerprint density at radius 1 is 1.22 bits per heavy atom. The molecule has 0 aromatic heterocycles. The van der Waals surface area contributed by atoms with Crippen molar-refractivity contribution in [2.75, 3.05) is 24.6 Å². The third kappa shape index (κ3) is 3.54. The molecule has 1 amide bonds. The molecule has 0 aromatic rings. The number of amides is 1. The van der Waals surface area contributed by atoms with E-state index in [1.165, 1.54) is 0 Å². The Labute approximate surface area is 114 Å². The predicted molar refractivity (Wildman–Crippen MR) is 75.1 cm³/mol. The minimum absolute atomic E-state index is 0.125. The molecule has 0 spiro atoms. The number of nitrogens with one attached hydrogen (secondary N) is 1. The summed E-state index contributed by atoms with van der Waals surface area (Å²) in [6, 6.07) is 0.736. The lowest BCUT2D eigenvalue weighted by atomic mass is 10.0. The first-order valence-corrected chi connectivity index (χ1v) is 7.92. The number of hydrogen-bond acceptors (Lipinski definition) is 4. The number of piperidine rings is 1. The minimum Gasteiger partial charge on any atom is -0.444 e. The Hall–Kier alpha value is -0.420. The van der Waals surface area contributed by atoms with Gasteiger partial charge in [0.1, 0.15) is 5.60 Å². The molecule has 104 valence electrons. The molecular formula is C13H24N2O2S. The molecule has 0 atom stereocenters. The fraction of sp³-hybridized carbons (Fsp3) is 0.923. The maximum Gasteiger partial charge on any atom is 0.410 e. The number of ether oxygens (including phenoxy) is 1. The highest BCUT2D eigenvalue weighted by Gasteiger charge is 2.37. The molecule has 1 N–H and O–H groups in total. The van der Waals surface area contributed by atoms with E-state index in [0.717, 1.165) is 37.4 Å². The lowest BCUT2D eigenvalue weighted by molar-refractivity contribution is 0.00487. The van der Waals surface area contributed by atoms with Crippen molar-refractivity contribution >= 4 is 17.9 Å². The Balaban J connectivity index is 2.01. The van der Waals surface area contributed by atoms with Crippen molar-refractivity contribution in [2.45, 2.75) is 51.3 Å². The molecule has 2 aliphatic rings. The maximum atomic E-state index is 12.4. The summed E-state index contributed by atoms with van der Waals surface area (Å²) >= 11 is 1.91. The third-order valence-corrected chi connectivity index (χ3v) is 4.56. The van der Waals surface area contributed by atoms with Crippen molar-refractivity contribution in [3.63, 3.8) is 0 Å². The summed E-state index contributed by atoms with van der Waals surface area (Å²) in [7, 11) is 0. The van der Waals surface area contributed by atoms with E-state index < -0.39 is 5.60 Å². The van der Waals surface area contributed by atoms with E-state index in [2.05, 4.69) is 5.32 Å². The van der Waals surface area contributed by atoms with Gasteiger partial charge in [-0.2, -0.15) is 11.8 Å². The van der Waals surface area contributed by atoms with Crippen molar-refractivity contribution in [1.29, 1.82) is 0 Å². The van der Waals surface area contributed by atoms with Crippen LogP contribution in [-0.2, 0) is 4.74 Å². The van der Waals surface area contributed by atoms with Crippen LogP contribution in [0.25, 0.3) is 0 Å². The summed E-state index contributed by atoms with van der Waals surface area (Å²) in [5.41, 5.74) is -0.404. The lowest BCUT2D eigenvalue weighted by Gasteiger charge is -2.43. The van der Waals surface area contributed by atoms with Crippen molar-refractivity contribution < 1.29 is 9.53 Å². The van der Waals surface area contributed by atoms with Crippen molar-refractivity contribution in [1.82, 2.24) is 10.2 Å². The number of rotatable bonds is 2. The van der Waals surface area contributed by atoms with Gasteiger partial charge in [0, 0.05) is 17.5 Å². The Bertz CT molecular complexity index is 294. The topological polar surface area (TPSA) is 41.6 Å². The third-order valence-electron chi connectivity index (χ3n) is 3.32. The molecule has 0 radical (unpaired) electrons. The van der Waals surface area contributed by atoms with Crippen molar-refractivity contribution in [3.8, 4) is 0 Å². The van der Waals surface area contributed by atoms with Crippen LogP contribution in [0.15, 0.2) is 0 Å². The zero-order chi connectivity index (χ0) is 13.2. The normalized spacial score (nSPS) is 22.4. The van der Waals surface area contributed by atoms with Gasteiger partial charge in [0.2, 0.25) is 0 Å². The van der Waals surface area contributed by atoms with Crippen LogP contribution < -0.4 is 5.32 Å². The molecule has 2 heterocycles. The highest BCUT2D eigenvalue weighted by molar-refractivity contribution is 8.00. The molecule has 2 rings (SSSR count). The maximum absolute atomic E-state index is 12.4. The Morgan fingerprint density at radius 3 is 2.28 bits per heavy atom. The fourth-order valence-electron chi connectivity index (χ4n) is 2.38. The Morgan fingerprint density at radius 2 is 1.83 bits per heavy atom. The quantitative estimate of drug-likeness (QED) is 0.836. The summed E-state index contributed by atoms with van der Waals surface area (Å²) in [5, 5.41) is 3.35. The number of carbonyl (C=O) groups excluding carboxylic acids is 1. The monoisotopic (exact) mass is 272 g/mol. The molecule has 4 nitrogen and oxygen atoms in total. The van der Waals surface area contributed by atoms with Gasteiger partial charge in [-0.05, 0) is 46.7 Å². The number of nitrogens with zero attached hydrogens (tertiary/aromatic N) is 1. The van der Waals surface area contributed by atoms with Crippen LogP contribution >= 0.6 is 11.8 Å². The van der Waals surface area contributed by atoms with Crippen LogP contribution in [0.4, 0.5) is 4.79 Å². The SMILES string of the molecule is CC(C)(C)OC(=O)N(C1CCNCC1)C1CSC1. The second kappa shape index (κ2) is 5.70. The standard InChI is InChI=1S/C13H24N2O2S/c1-13(2,3)17-12(16)15(11-8-18-9-11)10-4-6-14-7-5-10/h10-11,14H,4-9H2,1-3H3. The van der Waals surface area contributed by atoms with Gasteiger partial charge >= 0.3 is 6.09 Å². The summed E-state index contributed by atoms with van der Waals surface area (Å²) in [4.78, 5) is 14.4. The molecule has 5 heteroatoms. The van der Waals surface area contributed by atoms with Gasteiger partial charge in [-0.3, -0.25) is 0 Å². The molecule has 2 aliphatic heterocycles. The fourth-order valence-corrected chi connectivity index (χ4v) is 3.15. The van der Waals surface area contributed by atoms with E-state index in [1.807, 2.05) is 37.4 Å². The van der Waals surface area contributed by atoms with E-state index in [-0.39, 0.29) is 6.09 Å². The van der Waals surface area contributed by atoms with Crippen LogP contribution in [0.5, 0.6) is 0 Å². The summed E-state index contributed by atoms with van der Waals surface area (Å²) in [6.07, 6.45) is 1.96. The molecule has 0 unspecified atom stereocenters. The second-order valence-electron chi connectivity index (χ2n) is 6.06. The summed E-state index contributed by atoms with van der Waals surface area (Å²) in [6.45, 7) is 7.80. The first kappa shape index (κ1) is 14.0. The van der Waals surface area contributed by atoms with Crippen LogP contribution in [-0.4, -0.2) is 53.3 Å². The smallest absolute Gasteiger partial charge is 0.410 e. The lowest BCUT2D eigenvalue weighted by Crippen LogP contribution is -2.56. The van der Waals surface area contributed by atoms with E-state index >= 15 is 0 Å². The van der Waals surface area contributed by atoms with Crippen LogP contribution in [0, 0.1) is 0 Å². The van der Waals surface area contributed by atoms with Gasteiger partial charge in [-0.25, -0.2) is 4.79 Å². The molecule has 2 saturated heterocycles. The minimum atomic E-state index is -0.404. The number of thioether (sulfide) groups is 1. The van der Waals surface area contributed by atoms with Crippen molar-refractivity contribution in [3.05, 3.63) is 0 Å². The van der Waals surface area contributed by atoms with Crippen molar-refractivity contribution in [2.24, 2.45) is 0 Å². The van der Waals surface area contributed by atoms with Crippen LogP contribution in [0.1, 0.15) is 33.6 Å². The van der Waals surface area contributed by atoms with Gasteiger partial charge in [-0.15, -0.1) is 0 Å². The van der Waals surface area contributed by atoms with Gasteiger partial charge in [0.25, 0.3) is 0 Å². The number of hydrogen-bond donors (Lipinski definition) is 1. The van der Waals surface area contributed by atoms with E-state index in [0.29, 0.717) is 12.1 Å². The average molecular weight is 272 g/mol. The highest BCUT2D eigenvalue weighted by atomic mass is 32.2. The molecule has 2 fully saturated rings. The first-order chi connectivity index (χ1) is 8.47. The summed E-state index contributed by atoms with van der Waals surface area (Å²) in [5.74, 6) is 2.12. The molecule has 0 bridgehead atoms. The van der Waals surface area contributed by atoms with Gasteiger partial charge in [0.05, 0.1) is 6.04 Å². The van der Waals surface area contributed by atoms with Gasteiger partial charge < -0.3 is 15.0 Å².